The smallest absolute Gasteiger partial charge is 0.311 e. The van der Waals surface area contributed by atoms with Gasteiger partial charge in [-0.25, -0.2) is 0 Å². The Balaban J connectivity index is 0.00000112. The molecule has 15 heteroatoms. The van der Waals surface area contributed by atoms with E-state index >= 15 is 0 Å². The summed E-state index contributed by atoms with van der Waals surface area (Å²) in [6.45, 7) is 41.2. The van der Waals surface area contributed by atoms with Crippen molar-refractivity contribution >= 4 is 88.5 Å². The molecule has 548 valence electrons. The van der Waals surface area contributed by atoms with Gasteiger partial charge in [-0.15, -0.1) is 0 Å². The van der Waals surface area contributed by atoms with Gasteiger partial charge in [0.15, 0.2) is 0 Å². The predicted octanol–water partition coefficient (Wildman–Crippen LogP) is 21.0. The van der Waals surface area contributed by atoms with E-state index in [1.54, 1.807) is 45.6 Å². The molecular formula is C85H118O15. The Morgan fingerprint density at radius 3 is 0.900 bits per heavy atom. The molecule has 10 rings (SSSR count). The largest absolute Gasteiger partial charge is 0.507 e. The molecule has 4 N–H and O–H groups in total. The van der Waals surface area contributed by atoms with E-state index in [0.717, 1.165) is 37.7 Å². The van der Waals surface area contributed by atoms with Crippen molar-refractivity contribution in [2.75, 3.05) is 47.8 Å². The number of methoxy groups -OCH3 is 3. The Kier molecular flexibility index (Phi) is 43.6. The second-order valence-corrected chi connectivity index (χ2v) is 25.6. The summed E-state index contributed by atoms with van der Waals surface area (Å²) in [6.07, 6.45) is -0.474. The standard InChI is InChI=1S/C16H10O.3C10H8O.2C9H18O3.C8H16O3.C7H14O2.3C2H6/c17-14-9-7-12-5-4-10-2-1-3-11-6-8-13(14)16(12)15(10)11;3*11-10-7-3-5-8-4-1-2-6-9(8)10;2*1-7(6-11-5)12-8(10)9(2,3)4;1-6(2)8(9)11-7(3)5-10-4;1-5-9-6(8)7(2,3)4;3*1-2/h1-9,17H;3*1-7,11H;2*7H,6H2,1-5H3;6-7H,5H2,1-4H3;5H2,1-4H3;3*1-2H3. The third-order valence-electron chi connectivity index (χ3n) is 13.5. The minimum atomic E-state index is -0.429. The minimum absolute atomic E-state index is 0.0608. The number of hydrogen-bond donors (Lipinski definition) is 4. The molecule has 15 nitrogen and oxygen atoms in total. The van der Waals surface area contributed by atoms with Crippen molar-refractivity contribution in [2.45, 2.75) is 164 Å². The molecule has 0 aliphatic rings. The summed E-state index contributed by atoms with van der Waals surface area (Å²) in [5.41, 5.74) is -1.21. The van der Waals surface area contributed by atoms with Gasteiger partial charge in [-0.3, -0.25) is 19.2 Å². The van der Waals surface area contributed by atoms with Gasteiger partial charge in [-0.1, -0.05) is 213 Å². The molecule has 0 fully saturated rings. The number of phenols is 4. The van der Waals surface area contributed by atoms with Crippen LogP contribution in [0.4, 0.5) is 0 Å². The predicted molar refractivity (Wildman–Crippen MR) is 415 cm³/mol. The molecule has 0 aromatic heterocycles. The topological polar surface area (TPSA) is 214 Å². The lowest BCUT2D eigenvalue weighted by atomic mass is 9.94. The molecular weight excluding hydrogens is 1260 g/mol. The maximum absolute atomic E-state index is 11.3. The third-order valence-corrected chi connectivity index (χ3v) is 13.5. The molecule has 100 heavy (non-hydrogen) atoms. The van der Waals surface area contributed by atoms with Crippen LogP contribution in [0, 0.1) is 22.2 Å². The highest BCUT2D eigenvalue weighted by atomic mass is 16.6. The lowest BCUT2D eigenvalue weighted by Crippen LogP contribution is -2.28. The molecule has 3 atom stereocenters. The van der Waals surface area contributed by atoms with E-state index in [-0.39, 0.29) is 53.5 Å². The van der Waals surface area contributed by atoms with Gasteiger partial charge in [0.2, 0.25) is 0 Å². The molecule has 0 aliphatic carbocycles. The Hall–Kier alpha value is -9.02. The van der Waals surface area contributed by atoms with Crippen LogP contribution < -0.4 is 0 Å². The number of benzene rings is 10. The fraction of sp³-hybridized carbons (Fsp3) is 0.412. The average Bonchev–Trinajstić information content (AvgIpc) is 0.745. The summed E-state index contributed by atoms with van der Waals surface area (Å²) in [4.78, 5) is 44.3. The first-order valence-corrected chi connectivity index (χ1v) is 34.4. The first-order chi connectivity index (χ1) is 47.3. The number of ether oxygens (including phenoxy) is 7. The second-order valence-electron chi connectivity index (χ2n) is 25.6. The number of hydrogen-bond acceptors (Lipinski definition) is 15. The molecule has 10 aromatic rings. The van der Waals surface area contributed by atoms with Gasteiger partial charge >= 0.3 is 23.9 Å². The minimum Gasteiger partial charge on any atom is -0.507 e. The highest BCUT2D eigenvalue weighted by Gasteiger charge is 2.26. The van der Waals surface area contributed by atoms with E-state index in [1.807, 2.05) is 267 Å². The van der Waals surface area contributed by atoms with Gasteiger partial charge in [0.1, 0.15) is 41.3 Å². The molecule has 10 aromatic carbocycles. The molecule has 0 heterocycles. The Morgan fingerprint density at radius 2 is 0.600 bits per heavy atom. The van der Waals surface area contributed by atoms with Crippen molar-refractivity contribution in [2.24, 2.45) is 22.2 Å². The normalized spacial score (nSPS) is 11.4. The van der Waals surface area contributed by atoms with E-state index in [1.165, 1.54) is 26.9 Å². The van der Waals surface area contributed by atoms with Crippen LogP contribution in [0.5, 0.6) is 23.0 Å². The van der Waals surface area contributed by atoms with Gasteiger partial charge in [0, 0.05) is 48.3 Å². The summed E-state index contributed by atoms with van der Waals surface area (Å²) >= 11 is 0. The molecule has 0 spiro atoms. The first-order valence-electron chi connectivity index (χ1n) is 34.4. The van der Waals surface area contributed by atoms with Crippen LogP contribution in [0.1, 0.15) is 145 Å². The van der Waals surface area contributed by atoms with Gasteiger partial charge in [0.25, 0.3) is 0 Å². The van der Waals surface area contributed by atoms with Crippen LogP contribution in [0.3, 0.4) is 0 Å². The molecule has 0 aliphatic heterocycles. The number of aromatic hydroxyl groups is 4. The molecule has 0 saturated heterocycles. The average molecular weight is 1380 g/mol. The van der Waals surface area contributed by atoms with Crippen molar-refractivity contribution in [3.63, 3.8) is 0 Å². The van der Waals surface area contributed by atoms with Crippen LogP contribution in [0.2, 0.25) is 0 Å². The number of phenolic OH excluding ortho intramolecular Hbond substituents is 4. The van der Waals surface area contributed by atoms with E-state index in [4.69, 9.17) is 33.2 Å². The van der Waals surface area contributed by atoms with Gasteiger partial charge in [-0.2, -0.15) is 0 Å². The molecule has 0 bridgehead atoms. The maximum atomic E-state index is 11.3. The zero-order valence-corrected chi connectivity index (χ0v) is 64.2. The second kappa shape index (κ2) is 47.9. The fourth-order valence-electron chi connectivity index (χ4n) is 8.55. The van der Waals surface area contributed by atoms with Gasteiger partial charge in [0.05, 0.1) is 48.6 Å². The van der Waals surface area contributed by atoms with Crippen molar-refractivity contribution in [3.8, 4) is 23.0 Å². The van der Waals surface area contributed by atoms with Crippen LogP contribution in [-0.2, 0) is 52.3 Å². The number of fused-ring (bicyclic) bond motifs is 3. The fourth-order valence-corrected chi connectivity index (χ4v) is 8.55. The molecule has 0 radical (unpaired) electrons. The summed E-state index contributed by atoms with van der Waals surface area (Å²) in [5.74, 6) is 0.665. The van der Waals surface area contributed by atoms with E-state index in [9.17, 15) is 39.6 Å². The SMILES string of the molecule is CC.CC.CC.CCOC(=O)C(C)(C)C.COCC(C)OC(=O)C(C)(C)C.COCC(C)OC(=O)C(C)(C)C.COCC(C)OC(=O)C(C)C.Oc1ccc2ccc3cccc4ccc1c2c34.Oc1cccc2ccccc12.Oc1cccc2ccccc12.Oc1cccc2ccccc12. The third kappa shape index (κ3) is 32.8. The monoisotopic (exact) mass is 1380 g/mol. The highest BCUT2D eigenvalue weighted by molar-refractivity contribution is 6.24. The summed E-state index contributed by atoms with van der Waals surface area (Å²) < 4.78 is 34.4. The van der Waals surface area contributed by atoms with E-state index in [2.05, 4.69) is 36.4 Å². The number of carbonyl (C=O) groups is 4. The van der Waals surface area contributed by atoms with E-state index < -0.39 is 10.8 Å². The van der Waals surface area contributed by atoms with Crippen LogP contribution >= 0.6 is 0 Å². The molecule has 3 unspecified atom stereocenters. The zero-order chi connectivity index (χ0) is 76.3. The van der Waals surface area contributed by atoms with Crippen LogP contribution in [-0.4, -0.2) is 110 Å². The molecule has 0 saturated carbocycles. The van der Waals surface area contributed by atoms with Crippen LogP contribution in [0.25, 0.3) is 64.6 Å². The number of carbonyl (C=O) groups excluding carboxylic acids is 4. The van der Waals surface area contributed by atoms with Crippen LogP contribution in [0.15, 0.2) is 182 Å². The zero-order valence-electron chi connectivity index (χ0n) is 64.2. The summed E-state index contributed by atoms with van der Waals surface area (Å²) in [5, 5.41) is 51.0. The quantitative estimate of drug-likeness (QED) is 0.0538. The van der Waals surface area contributed by atoms with E-state index in [0.29, 0.717) is 49.4 Å². The van der Waals surface area contributed by atoms with Crippen molar-refractivity contribution in [3.05, 3.63) is 182 Å². The number of esters is 4. The number of rotatable bonds is 11. The Labute approximate surface area is 597 Å². The van der Waals surface area contributed by atoms with Gasteiger partial charge < -0.3 is 53.6 Å². The summed E-state index contributed by atoms with van der Waals surface area (Å²) in [6, 6.07) is 58.2. The Morgan fingerprint density at radius 1 is 0.330 bits per heavy atom. The lowest BCUT2D eigenvalue weighted by molar-refractivity contribution is -0.160. The van der Waals surface area contributed by atoms with Crippen molar-refractivity contribution in [1.82, 2.24) is 0 Å². The lowest BCUT2D eigenvalue weighted by Gasteiger charge is -2.20. The van der Waals surface area contributed by atoms with Crippen molar-refractivity contribution in [1.29, 1.82) is 0 Å². The Bertz CT molecular complexity index is 3660. The first kappa shape index (κ1) is 91.0. The summed E-state index contributed by atoms with van der Waals surface area (Å²) in [7, 11) is 4.75. The molecule has 0 amide bonds. The highest BCUT2D eigenvalue weighted by Crippen LogP contribution is 2.38. The maximum Gasteiger partial charge on any atom is 0.311 e. The van der Waals surface area contributed by atoms with Crippen molar-refractivity contribution < 1.29 is 72.8 Å². The van der Waals surface area contributed by atoms with Gasteiger partial charge in [-0.05, 0) is 152 Å².